The molecule has 0 aliphatic carbocycles. The molecule has 0 amide bonds. The summed E-state index contributed by atoms with van der Waals surface area (Å²) in [6.07, 6.45) is 0. The van der Waals surface area contributed by atoms with E-state index in [1.165, 1.54) is 0 Å². The Morgan fingerprint density at radius 2 is 1.95 bits per heavy atom. The summed E-state index contributed by atoms with van der Waals surface area (Å²) in [5.74, 6) is 0.576. The SMILES string of the molecule is N#Cc1cccc(-n2nnnc2-c2cccc(N)c2)c1. The van der Waals surface area contributed by atoms with Crippen molar-refractivity contribution in [1.82, 2.24) is 20.2 Å². The number of tetrazole rings is 1. The maximum atomic E-state index is 8.95. The molecule has 0 fully saturated rings. The maximum absolute atomic E-state index is 8.95. The molecule has 0 saturated carbocycles. The van der Waals surface area contributed by atoms with E-state index in [9.17, 15) is 0 Å². The molecule has 0 spiro atoms. The molecule has 0 radical (unpaired) electrons. The lowest BCUT2D eigenvalue weighted by Crippen LogP contribution is -2.00. The average molecular weight is 262 g/mol. The number of nitrogens with two attached hydrogens (primary N) is 1. The molecule has 2 N–H and O–H groups in total. The first-order chi connectivity index (χ1) is 9.78. The third-order valence-corrected chi connectivity index (χ3v) is 2.83. The molecule has 0 bridgehead atoms. The summed E-state index contributed by atoms with van der Waals surface area (Å²) in [5, 5.41) is 20.7. The Kier molecular flexibility index (Phi) is 2.86. The number of hydrogen-bond donors (Lipinski definition) is 1. The number of benzene rings is 2. The van der Waals surface area contributed by atoms with Crippen LogP contribution in [0, 0.1) is 11.3 Å². The molecule has 0 atom stereocenters. The van der Waals surface area contributed by atoms with Crippen LogP contribution >= 0.6 is 0 Å². The average Bonchev–Trinajstić information content (AvgIpc) is 2.97. The van der Waals surface area contributed by atoms with Gasteiger partial charge in [0.25, 0.3) is 0 Å². The minimum absolute atomic E-state index is 0.552. The van der Waals surface area contributed by atoms with E-state index in [-0.39, 0.29) is 0 Å². The Morgan fingerprint density at radius 3 is 2.75 bits per heavy atom. The Hall–Kier alpha value is -3.20. The summed E-state index contributed by atoms with van der Waals surface area (Å²) in [5.41, 5.74) is 8.52. The van der Waals surface area contributed by atoms with Crippen molar-refractivity contribution in [3.05, 3.63) is 54.1 Å². The van der Waals surface area contributed by atoms with Gasteiger partial charge in [0.05, 0.1) is 17.3 Å². The molecular weight excluding hydrogens is 252 g/mol. The quantitative estimate of drug-likeness (QED) is 0.710. The zero-order chi connectivity index (χ0) is 13.9. The van der Waals surface area contributed by atoms with Crippen molar-refractivity contribution in [3.63, 3.8) is 0 Å². The first kappa shape index (κ1) is 11.9. The van der Waals surface area contributed by atoms with E-state index in [1.54, 1.807) is 35.0 Å². The Bertz CT molecular complexity index is 799. The molecule has 0 unspecified atom stereocenters. The predicted molar refractivity (Wildman–Crippen MR) is 73.7 cm³/mol. The van der Waals surface area contributed by atoms with Crippen molar-refractivity contribution in [2.45, 2.75) is 0 Å². The van der Waals surface area contributed by atoms with Gasteiger partial charge in [0, 0.05) is 11.3 Å². The van der Waals surface area contributed by atoms with Crippen LogP contribution < -0.4 is 5.73 Å². The van der Waals surface area contributed by atoms with Crippen LogP contribution in [0.2, 0.25) is 0 Å². The van der Waals surface area contributed by atoms with Crippen LogP contribution in [0.5, 0.6) is 0 Å². The molecule has 0 aliphatic rings. The van der Waals surface area contributed by atoms with E-state index >= 15 is 0 Å². The molecule has 20 heavy (non-hydrogen) atoms. The first-order valence-corrected chi connectivity index (χ1v) is 5.93. The monoisotopic (exact) mass is 262 g/mol. The van der Waals surface area contributed by atoms with E-state index in [0.717, 1.165) is 11.3 Å². The molecule has 2 aromatic carbocycles. The van der Waals surface area contributed by atoms with Gasteiger partial charge in [-0.15, -0.1) is 5.10 Å². The fraction of sp³-hybridized carbons (Fsp3) is 0. The van der Waals surface area contributed by atoms with Gasteiger partial charge >= 0.3 is 0 Å². The number of anilines is 1. The summed E-state index contributed by atoms with van der Waals surface area (Å²) in [4.78, 5) is 0. The molecule has 0 aliphatic heterocycles. The van der Waals surface area contributed by atoms with Crippen LogP contribution in [0.4, 0.5) is 5.69 Å². The zero-order valence-corrected chi connectivity index (χ0v) is 10.4. The van der Waals surface area contributed by atoms with Crippen molar-refractivity contribution in [2.24, 2.45) is 0 Å². The lowest BCUT2D eigenvalue weighted by Gasteiger charge is -2.05. The molecular formula is C14H10N6. The Labute approximate surface area is 115 Å². The van der Waals surface area contributed by atoms with Gasteiger partial charge in [-0.25, -0.2) is 0 Å². The van der Waals surface area contributed by atoms with E-state index in [4.69, 9.17) is 11.0 Å². The fourth-order valence-electron chi connectivity index (χ4n) is 1.93. The number of nitriles is 1. The third kappa shape index (κ3) is 2.08. The van der Waals surface area contributed by atoms with Gasteiger partial charge in [-0.3, -0.25) is 0 Å². The minimum atomic E-state index is 0.552. The highest BCUT2D eigenvalue weighted by Gasteiger charge is 2.11. The maximum Gasteiger partial charge on any atom is 0.187 e. The van der Waals surface area contributed by atoms with Crippen molar-refractivity contribution in [1.29, 1.82) is 5.26 Å². The van der Waals surface area contributed by atoms with E-state index in [1.807, 2.05) is 18.2 Å². The fourth-order valence-corrected chi connectivity index (χ4v) is 1.93. The molecule has 1 aromatic heterocycles. The molecule has 96 valence electrons. The summed E-state index contributed by atoms with van der Waals surface area (Å²) in [6, 6.07) is 16.5. The molecule has 3 rings (SSSR count). The Morgan fingerprint density at radius 1 is 1.10 bits per heavy atom. The largest absolute Gasteiger partial charge is 0.399 e. The molecule has 1 heterocycles. The number of aromatic nitrogens is 4. The summed E-state index contributed by atoms with van der Waals surface area (Å²) in [7, 11) is 0. The van der Waals surface area contributed by atoms with E-state index in [2.05, 4.69) is 21.6 Å². The predicted octanol–water partition coefficient (Wildman–Crippen LogP) is 1.78. The number of rotatable bonds is 2. The smallest absolute Gasteiger partial charge is 0.187 e. The van der Waals surface area contributed by atoms with Gasteiger partial charge in [0.1, 0.15) is 0 Å². The summed E-state index contributed by atoms with van der Waals surface area (Å²) < 4.78 is 1.58. The number of nitrogen functional groups attached to an aromatic ring is 1. The van der Waals surface area contributed by atoms with Crippen LogP contribution in [0.3, 0.4) is 0 Å². The van der Waals surface area contributed by atoms with Crippen LogP contribution in [0.15, 0.2) is 48.5 Å². The lowest BCUT2D eigenvalue weighted by molar-refractivity contribution is 0.791. The van der Waals surface area contributed by atoms with Crippen LogP contribution in [0.1, 0.15) is 5.56 Å². The van der Waals surface area contributed by atoms with Crippen molar-refractivity contribution >= 4 is 5.69 Å². The third-order valence-electron chi connectivity index (χ3n) is 2.83. The van der Waals surface area contributed by atoms with Gasteiger partial charge in [0.2, 0.25) is 0 Å². The molecule has 0 saturated heterocycles. The van der Waals surface area contributed by atoms with Gasteiger partial charge in [0.15, 0.2) is 5.82 Å². The summed E-state index contributed by atoms with van der Waals surface area (Å²) in [6.45, 7) is 0. The van der Waals surface area contributed by atoms with E-state index < -0.39 is 0 Å². The van der Waals surface area contributed by atoms with Gasteiger partial charge in [-0.1, -0.05) is 18.2 Å². The second-order valence-corrected chi connectivity index (χ2v) is 4.20. The van der Waals surface area contributed by atoms with Crippen molar-refractivity contribution < 1.29 is 0 Å². The van der Waals surface area contributed by atoms with Crippen molar-refractivity contribution in [2.75, 3.05) is 5.73 Å². The standard InChI is InChI=1S/C14H10N6/c15-9-10-3-1-6-13(7-10)20-14(17-18-19-20)11-4-2-5-12(16)8-11/h1-8H,16H2. The Balaban J connectivity index is 2.13. The van der Waals surface area contributed by atoms with Crippen LogP contribution in [-0.4, -0.2) is 20.2 Å². The van der Waals surface area contributed by atoms with Gasteiger partial charge in [-0.05, 0) is 40.8 Å². The highest BCUT2D eigenvalue weighted by atomic mass is 15.5. The zero-order valence-electron chi connectivity index (χ0n) is 10.4. The number of nitrogens with zero attached hydrogens (tertiary/aromatic N) is 5. The summed E-state index contributed by atoms with van der Waals surface area (Å²) >= 11 is 0. The molecule has 6 nitrogen and oxygen atoms in total. The van der Waals surface area contributed by atoms with E-state index in [0.29, 0.717) is 17.1 Å². The minimum Gasteiger partial charge on any atom is -0.399 e. The topological polar surface area (TPSA) is 93.4 Å². The molecule has 6 heteroatoms. The highest BCUT2D eigenvalue weighted by Crippen LogP contribution is 2.21. The lowest BCUT2D eigenvalue weighted by atomic mass is 10.2. The second kappa shape index (κ2) is 4.82. The van der Waals surface area contributed by atoms with Crippen molar-refractivity contribution in [3.8, 4) is 23.1 Å². The second-order valence-electron chi connectivity index (χ2n) is 4.20. The molecule has 3 aromatic rings. The van der Waals surface area contributed by atoms with Crippen LogP contribution in [0.25, 0.3) is 17.1 Å². The highest BCUT2D eigenvalue weighted by molar-refractivity contribution is 5.62. The van der Waals surface area contributed by atoms with Gasteiger partial charge in [-0.2, -0.15) is 9.94 Å². The normalized spacial score (nSPS) is 10.2. The van der Waals surface area contributed by atoms with Gasteiger partial charge < -0.3 is 5.73 Å². The van der Waals surface area contributed by atoms with Crippen LogP contribution in [-0.2, 0) is 0 Å². The first-order valence-electron chi connectivity index (χ1n) is 5.93. The number of hydrogen-bond acceptors (Lipinski definition) is 5.